The number of hydrazine groups is 1. The largest absolute Gasteiger partial charge is 0.373 e. The van der Waals surface area contributed by atoms with E-state index in [0.29, 0.717) is 12.2 Å². The number of nitrogens with two attached hydrogens (primary N) is 1. The van der Waals surface area contributed by atoms with Crippen molar-refractivity contribution in [2.45, 2.75) is 45.3 Å². The van der Waals surface area contributed by atoms with E-state index >= 15 is 0 Å². The van der Waals surface area contributed by atoms with Gasteiger partial charge in [-0.2, -0.15) is 0 Å². The number of rotatable bonds is 7. The fourth-order valence-corrected chi connectivity index (χ4v) is 2.47. The molecule has 0 aliphatic rings. The first-order chi connectivity index (χ1) is 8.65. The molecule has 0 radical (unpaired) electrons. The van der Waals surface area contributed by atoms with E-state index in [1.54, 1.807) is 12.1 Å². The van der Waals surface area contributed by atoms with Gasteiger partial charge in [-0.3, -0.25) is 5.84 Å². The Labute approximate surface area is 108 Å². The summed E-state index contributed by atoms with van der Waals surface area (Å²) in [5.41, 5.74) is 2.79. The van der Waals surface area contributed by atoms with Gasteiger partial charge in [-0.25, -0.2) is 9.82 Å². The molecule has 1 rings (SSSR count). The molecule has 0 spiro atoms. The second-order valence-electron chi connectivity index (χ2n) is 4.33. The molecule has 0 bridgehead atoms. The van der Waals surface area contributed by atoms with Crippen LogP contribution in [0.3, 0.4) is 0 Å². The Morgan fingerprint density at radius 3 is 2.33 bits per heavy atom. The van der Waals surface area contributed by atoms with Crippen molar-refractivity contribution in [3.63, 3.8) is 0 Å². The lowest BCUT2D eigenvalue weighted by Crippen LogP contribution is -2.48. The first kappa shape index (κ1) is 15.1. The molecule has 0 heterocycles. The van der Waals surface area contributed by atoms with E-state index in [1.807, 2.05) is 26.8 Å². The highest BCUT2D eigenvalue weighted by Crippen LogP contribution is 2.35. The monoisotopic (exact) mass is 254 g/mol. The lowest BCUT2D eigenvalue weighted by atomic mass is 9.84. The molecule has 1 atom stereocenters. The van der Waals surface area contributed by atoms with Gasteiger partial charge >= 0.3 is 0 Å². The fourth-order valence-electron chi connectivity index (χ4n) is 2.47. The minimum absolute atomic E-state index is 0.258. The maximum atomic E-state index is 13.9. The predicted molar refractivity (Wildman–Crippen MR) is 71.4 cm³/mol. The standard InChI is InChI=1S/C14H23FN2O/c1-4-14(5-2,18-6-3)13(17-16)11-9-7-8-10-12(11)15/h7-10,13,17H,4-6,16H2,1-3H3. The topological polar surface area (TPSA) is 47.3 Å². The van der Waals surface area contributed by atoms with Gasteiger partial charge in [0.1, 0.15) is 5.82 Å². The smallest absolute Gasteiger partial charge is 0.128 e. The van der Waals surface area contributed by atoms with Gasteiger partial charge in [0.05, 0.1) is 11.6 Å². The van der Waals surface area contributed by atoms with Crippen LogP contribution in [0.1, 0.15) is 45.2 Å². The predicted octanol–water partition coefficient (Wildman–Crippen LogP) is 2.93. The molecule has 0 aliphatic carbocycles. The molecule has 0 fully saturated rings. The van der Waals surface area contributed by atoms with E-state index in [-0.39, 0.29) is 11.9 Å². The van der Waals surface area contributed by atoms with Crippen molar-refractivity contribution >= 4 is 0 Å². The summed E-state index contributed by atoms with van der Waals surface area (Å²) in [6, 6.07) is 6.33. The van der Waals surface area contributed by atoms with Crippen LogP contribution in [0, 0.1) is 5.82 Å². The molecular weight excluding hydrogens is 231 g/mol. The van der Waals surface area contributed by atoms with E-state index in [9.17, 15) is 4.39 Å². The van der Waals surface area contributed by atoms with Gasteiger partial charge in [0, 0.05) is 12.2 Å². The zero-order chi connectivity index (χ0) is 13.6. The van der Waals surface area contributed by atoms with Gasteiger partial charge in [0.25, 0.3) is 0 Å². The lowest BCUT2D eigenvalue weighted by molar-refractivity contribution is -0.0741. The summed E-state index contributed by atoms with van der Waals surface area (Å²) in [5.74, 6) is 5.39. The normalized spacial score (nSPS) is 13.6. The van der Waals surface area contributed by atoms with Gasteiger partial charge in [0.2, 0.25) is 0 Å². The van der Waals surface area contributed by atoms with Crippen LogP contribution in [0.5, 0.6) is 0 Å². The molecule has 1 aromatic carbocycles. The van der Waals surface area contributed by atoms with Crippen molar-refractivity contribution in [2.24, 2.45) is 5.84 Å². The Morgan fingerprint density at radius 2 is 1.89 bits per heavy atom. The summed E-state index contributed by atoms with van der Waals surface area (Å²) in [5, 5.41) is 0. The number of benzene rings is 1. The molecule has 1 aromatic rings. The molecule has 0 amide bonds. The van der Waals surface area contributed by atoms with Crippen molar-refractivity contribution in [1.82, 2.24) is 5.43 Å². The molecule has 18 heavy (non-hydrogen) atoms. The number of halogens is 1. The van der Waals surface area contributed by atoms with Crippen LogP contribution in [-0.4, -0.2) is 12.2 Å². The highest BCUT2D eigenvalue weighted by atomic mass is 19.1. The third-order valence-electron chi connectivity index (χ3n) is 3.54. The molecule has 0 aromatic heterocycles. The number of hydrogen-bond acceptors (Lipinski definition) is 3. The average Bonchev–Trinajstić information content (AvgIpc) is 2.40. The van der Waals surface area contributed by atoms with E-state index in [4.69, 9.17) is 10.6 Å². The number of ether oxygens (including phenoxy) is 1. The van der Waals surface area contributed by atoms with E-state index in [1.165, 1.54) is 6.07 Å². The van der Waals surface area contributed by atoms with Crippen molar-refractivity contribution in [3.05, 3.63) is 35.6 Å². The zero-order valence-corrected chi connectivity index (χ0v) is 11.4. The highest BCUT2D eigenvalue weighted by Gasteiger charge is 2.38. The summed E-state index contributed by atoms with van der Waals surface area (Å²) in [7, 11) is 0. The molecule has 1 unspecified atom stereocenters. The summed E-state index contributed by atoms with van der Waals surface area (Å²) < 4.78 is 19.8. The third kappa shape index (κ3) is 2.88. The number of hydrogen-bond donors (Lipinski definition) is 2. The molecule has 0 saturated carbocycles. The molecule has 102 valence electrons. The zero-order valence-electron chi connectivity index (χ0n) is 11.4. The van der Waals surface area contributed by atoms with Crippen LogP contribution in [0.25, 0.3) is 0 Å². The minimum atomic E-state index is -0.480. The highest BCUT2D eigenvalue weighted by molar-refractivity contribution is 5.24. The van der Waals surface area contributed by atoms with Crippen LogP contribution < -0.4 is 11.3 Å². The van der Waals surface area contributed by atoms with Gasteiger partial charge in [-0.05, 0) is 25.8 Å². The Balaban J connectivity index is 3.17. The summed E-state index contributed by atoms with van der Waals surface area (Å²) in [4.78, 5) is 0. The molecule has 4 heteroatoms. The van der Waals surface area contributed by atoms with Crippen LogP contribution in [-0.2, 0) is 4.74 Å². The average molecular weight is 254 g/mol. The number of nitrogens with one attached hydrogen (secondary N) is 1. The summed E-state index contributed by atoms with van der Waals surface area (Å²) in [6.07, 6.45) is 1.53. The van der Waals surface area contributed by atoms with Crippen LogP contribution >= 0.6 is 0 Å². The molecule has 3 nitrogen and oxygen atoms in total. The van der Waals surface area contributed by atoms with Crippen molar-refractivity contribution < 1.29 is 9.13 Å². The molecule has 0 saturated heterocycles. The SMILES string of the molecule is CCOC(CC)(CC)C(NN)c1ccccc1F. The third-order valence-corrected chi connectivity index (χ3v) is 3.54. The second kappa shape index (κ2) is 6.83. The van der Waals surface area contributed by atoms with E-state index in [0.717, 1.165) is 12.8 Å². The first-order valence-corrected chi connectivity index (χ1v) is 6.49. The Hall–Kier alpha value is -0.970. The summed E-state index contributed by atoms with van der Waals surface area (Å²) in [6.45, 7) is 6.58. The van der Waals surface area contributed by atoms with E-state index in [2.05, 4.69) is 5.43 Å². The maximum absolute atomic E-state index is 13.9. The summed E-state index contributed by atoms with van der Waals surface area (Å²) >= 11 is 0. The van der Waals surface area contributed by atoms with Gasteiger partial charge in [-0.15, -0.1) is 0 Å². The lowest BCUT2D eigenvalue weighted by Gasteiger charge is -2.39. The van der Waals surface area contributed by atoms with Crippen LogP contribution in [0.15, 0.2) is 24.3 Å². The Bertz CT molecular complexity index is 367. The molecule has 0 aliphatic heterocycles. The van der Waals surface area contributed by atoms with Crippen molar-refractivity contribution in [1.29, 1.82) is 0 Å². The second-order valence-corrected chi connectivity index (χ2v) is 4.33. The van der Waals surface area contributed by atoms with Crippen LogP contribution in [0.4, 0.5) is 4.39 Å². The van der Waals surface area contributed by atoms with Crippen molar-refractivity contribution in [2.75, 3.05) is 6.61 Å². The molecular formula is C14H23FN2O. The van der Waals surface area contributed by atoms with Gasteiger partial charge < -0.3 is 4.74 Å². The fraction of sp³-hybridized carbons (Fsp3) is 0.571. The maximum Gasteiger partial charge on any atom is 0.128 e. The minimum Gasteiger partial charge on any atom is -0.373 e. The Morgan fingerprint density at radius 1 is 1.28 bits per heavy atom. The first-order valence-electron chi connectivity index (χ1n) is 6.49. The molecule has 3 N–H and O–H groups in total. The van der Waals surface area contributed by atoms with Gasteiger partial charge in [-0.1, -0.05) is 32.0 Å². The quantitative estimate of drug-likeness (QED) is 0.581. The Kier molecular flexibility index (Phi) is 5.72. The van der Waals surface area contributed by atoms with Crippen LogP contribution in [0.2, 0.25) is 0 Å². The van der Waals surface area contributed by atoms with Gasteiger partial charge in [0.15, 0.2) is 0 Å². The van der Waals surface area contributed by atoms with Crippen molar-refractivity contribution in [3.8, 4) is 0 Å². The van der Waals surface area contributed by atoms with E-state index < -0.39 is 5.60 Å².